The van der Waals surface area contributed by atoms with Gasteiger partial charge in [0.15, 0.2) is 5.82 Å². The Morgan fingerprint density at radius 3 is 2.54 bits per heavy atom. The molecule has 0 bridgehead atoms. The molecule has 5 rings (SSSR count). The predicted molar refractivity (Wildman–Crippen MR) is 136 cm³/mol. The maximum atomic E-state index is 13.8. The van der Waals surface area contributed by atoms with Gasteiger partial charge in [-0.15, -0.1) is 11.3 Å². The minimum absolute atomic E-state index is 0.0866. The summed E-state index contributed by atoms with van der Waals surface area (Å²) in [5, 5.41) is 13.3. The summed E-state index contributed by atoms with van der Waals surface area (Å²) in [6.07, 6.45) is 0. The molecule has 8 nitrogen and oxygen atoms in total. The molecule has 2 aromatic carbocycles. The second kappa shape index (κ2) is 9.85. The van der Waals surface area contributed by atoms with Gasteiger partial charge in [-0.25, -0.2) is 4.39 Å². The lowest BCUT2D eigenvalue weighted by Crippen LogP contribution is -2.44. The zero-order valence-corrected chi connectivity index (χ0v) is 20.0. The number of thiophene rings is 1. The van der Waals surface area contributed by atoms with Gasteiger partial charge in [-0.05, 0) is 43.4 Å². The molecule has 0 unspecified atom stereocenters. The summed E-state index contributed by atoms with van der Waals surface area (Å²) in [7, 11) is 2.12. The molecule has 180 valence electrons. The molecule has 35 heavy (non-hydrogen) atoms. The number of benzene rings is 2. The van der Waals surface area contributed by atoms with E-state index in [0.29, 0.717) is 32.0 Å². The predicted octanol–water partition coefficient (Wildman–Crippen LogP) is 3.70. The highest BCUT2D eigenvalue weighted by Gasteiger charge is 2.18. The molecule has 3 heterocycles. The summed E-state index contributed by atoms with van der Waals surface area (Å²) in [6, 6.07) is 15.5. The molecular formula is C25H25FN6O2S. The highest BCUT2D eigenvalue weighted by Crippen LogP contribution is 2.29. The van der Waals surface area contributed by atoms with E-state index in [2.05, 4.69) is 37.7 Å². The normalized spacial score (nSPS) is 14.3. The Morgan fingerprint density at radius 1 is 1.06 bits per heavy atom. The van der Waals surface area contributed by atoms with Crippen LogP contribution in [0.1, 0.15) is 25.6 Å². The van der Waals surface area contributed by atoms with Gasteiger partial charge in [-0.1, -0.05) is 18.2 Å². The number of aromatic amines is 1. The molecule has 0 aliphatic carbocycles. The number of aromatic nitrogens is 2. The Balaban J connectivity index is 1.24. The van der Waals surface area contributed by atoms with Crippen molar-refractivity contribution in [2.45, 2.75) is 6.54 Å². The third-order valence-corrected chi connectivity index (χ3v) is 7.15. The molecule has 0 saturated carbocycles. The van der Waals surface area contributed by atoms with Crippen molar-refractivity contribution in [1.82, 2.24) is 20.4 Å². The number of carbonyl (C=O) groups is 2. The summed E-state index contributed by atoms with van der Waals surface area (Å²) < 4.78 is 13.8. The van der Waals surface area contributed by atoms with E-state index in [9.17, 15) is 14.0 Å². The fourth-order valence-electron chi connectivity index (χ4n) is 4.00. The van der Waals surface area contributed by atoms with Gasteiger partial charge in [0, 0.05) is 49.5 Å². The summed E-state index contributed by atoms with van der Waals surface area (Å²) in [4.78, 5) is 31.1. The SMILES string of the molecule is CN1CCN(c2ccc(C(=O)Nc3n[nH]c4sc(C(=O)NCc5ccccc5F)cc34)cc2)CC1. The van der Waals surface area contributed by atoms with Crippen LogP contribution in [0.15, 0.2) is 54.6 Å². The number of fused-ring (bicyclic) bond motifs is 1. The Morgan fingerprint density at radius 2 is 1.80 bits per heavy atom. The smallest absolute Gasteiger partial charge is 0.261 e. The van der Waals surface area contributed by atoms with E-state index in [1.54, 1.807) is 24.3 Å². The van der Waals surface area contributed by atoms with E-state index in [-0.39, 0.29) is 24.2 Å². The number of halogens is 1. The Bertz CT molecular complexity index is 1360. The van der Waals surface area contributed by atoms with E-state index in [0.717, 1.165) is 31.9 Å². The second-order valence-corrected chi connectivity index (χ2v) is 9.54. The van der Waals surface area contributed by atoms with E-state index in [4.69, 9.17) is 0 Å². The summed E-state index contributed by atoms with van der Waals surface area (Å²) in [5.41, 5.74) is 2.04. The third-order valence-electron chi connectivity index (χ3n) is 6.11. The highest BCUT2D eigenvalue weighted by atomic mass is 32.1. The van der Waals surface area contributed by atoms with Gasteiger partial charge in [0.2, 0.25) is 0 Å². The molecule has 2 amide bonds. The average Bonchev–Trinajstić information content (AvgIpc) is 3.46. The zero-order valence-electron chi connectivity index (χ0n) is 19.2. The highest BCUT2D eigenvalue weighted by molar-refractivity contribution is 7.20. The van der Waals surface area contributed by atoms with E-state index in [1.165, 1.54) is 17.4 Å². The van der Waals surface area contributed by atoms with Crippen molar-refractivity contribution in [3.63, 3.8) is 0 Å². The minimum Gasteiger partial charge on any atom is -0.369 e. The number of rotatable bonds is 6. The van der Waals surface area contributed by atoms with Crippen LogP contribution in [-0.4, -0.2) is 60.1 Å². The van der Waals surface area contributed by atoms with E-state index in [1.807, 2.05) is 24.3 Å². The van der Waals surface area contributed by atoms with Crippen LogP contribution < -0.4 is 15.5 Å². The van der Waals surface area contributed by atoms with Crippen molar-refractivity contribution in [3.8, 4) is 0 Å². The summed E-state index contributed by atoms with van der Waals surface area (Å²) in [6.45, 7) is 4.04. The first-order valence-electron chi connectivity index (χ1n) is 11.3. The van der Waals surface area contributed by atoms with Crippen LogP contribution >= 0.6 is 11.3 Å². The van der Waals surface area contributed by atoms with Crippen molar-refractivity contribution >= 4 is 44.9 Å². The number of hydrogen-bond donors (Lipinski definition) is 3. The van der Waals surface area contributed by atoms with Crippen molar-refractivity contribution in [2.24, 2.45) is 0 Å². The molecule has 2 aromatic heterocycles. The molecular weight excluding hydrogens is 467 g/mol. The van der Waals surface area contributed by atoms with Crippen LogP contribution in [0, 0.1) is 5.82 Å². The summed E-state index contributed by atoms with van der Waals surface area (Å²) in [5.74, 6) is -0.603. The van der Waals surface area contributed by atoms with E-state index >= 15 is 0 Å². The fourth-order valence-corrected chi connectivity index (χ4v) is 4.91. The average molecular weight is 493 g/mol. The van der Waals surface area contributed by atoms with Gasteiger partial charge in [0.1, 0.15) is 10.6 Å². The lowest BCUT2D eigenvalue weighted by atomic mass is 10.1. The maximum absolute atomic E-state index is 13.8. The quantitative estimate of drug-likeness (QED) is 0.382. The first kappa shape index (κ1) is 23.0. The van der Waals surface area contributed by atoms with Gasteiger partial charge < -0.3 is 20.4 Å². The number of amides is 2. The van der Waals surface area contributed by atoms with Crippen LogP contribution in [0.5, 0.6) is 0 Å². The number of nitrogens with zero attached hydrogens (tertiary/aromatic N) is 3. The van der Waals surface area contributed by atoms with Crippen LogP contribution in [0.3, 0.4) is 0 Å². The molecule has 1 saturated heterocycles. The van der Waals surface area contributed by atoms with Gasteiger partial charge in [0.25, 0.3) is 11.8 Å². The number of carbonyl (C=O) groups excluding carboxylic acids is 2. The Labute approximate surface area is 205 Å². The van der Waals surface area contributed by atoms with E-state index < -0.39 is 0 Å². The Hall–Kier alpha value is -3.76. The van der Waals surface area contributed by atoms with Gasteiger partial charge >= 0.3 is 0 Å². The molecule has 0 atom stereocenters. The largest absolute Gasteiger partial charge is 0.369 e. The van der Waals surface area contributed by atoms with Crippen LogP contribution in [-0.2, 0) is 6.54 Å². The van der Waals surface area contributed by atoms with Crippen molar-refractivity contribution < 1.29 is 14.0 Å². The Kier molecular flexibility index (Phi) is 6.47. The molecule has 1 aliphatic heterocycles. The van der Waals surface area contributed by atoms with Crippen molar-refractivity contribution in [3.05, 3.63) is 76.4 Å². The lowest BCUT2D eigenvalue weighted by molar-refractivity contribution is 0.0954. The molecule has 3 N–H and O–H groups in total. The first-order valence-corrected chi connectivity index (χ1v) is 12.1. The first-order chi connectivity index (χ1) is 17.0. The molecule has 1 aliphatic rings. The van der Waals surface area contributed by atoms with Crippen LogP contribution in [0.2, 0.25) is 0 Å². The molecule has 10 heteroatoms. The number of likely N-dealkylation sites (N-methyl/N-ethyl adjacent to an activating group) is 1. The van der Waals surface area contributed by atoms with Gasteiger partial charge in [-0.3, -0.25) is 14.7 Å². The number of anilines is 2. The molecule has 4 aromatic rings. The monoisotopic (exact) mass is 492 g/mol. The molecule has 1 fully saturated rings. The molecule has 0 spiro atoms. The zero-order chi connectivity index (χ0) is 24.4. The maximum Gasteiger partial charge on any atom is 0.261 e. The number of hydrogen-bond acceptors (Lipinski definition) is 6. The number of H-pyrrole nitrogens is 1. The van der Waals surface area contributed by atoms with Crippen molar-refractivity contribution in [1.29, 1.82) is 0 Å². The van der Waals surface area contributed by atoms with Crippen molar-refractivity contribution in [2.75, 3.05) is 43.4 Å². The van der Waals surface area contributed by atoms with Crippen LogP contribution in [0.25, 0.3) is 10.2 Å². The van der Waals surface area contributed by atoms with Gasteiger partial charge in [-0.2, -0.15) is 5.10 Å². The fraction of sp³-hybridized carbons (Fsp3) is 0.240. The topological polar surface area (TPSA) is 93.4 Å². The lowest BCUT2D eigenvalue weighted by Gasteiger charge is -2.34. The third kappa shape index (κ3) is 5.03. The second-order valence-electron chi connectivity index (χ2n) is 8.49. The number of nitrogens with one attached hydrogen (secondary N) is 3. The molecule has 0 radical (unpaired) electrons. The standard InChI is InChI=1S/C25H25FN6O2S/c1-31-10-12-32(13-11-31)18-8-6-16(7-9-18)23(33)28-22-19-14-21(35-25(19)30-29-22)24(34)27-15-17-4-2-3-5-20(17)26/h2-9,14H,10-13,15H2,1H3,(H,27,34)(H2,28,29,30,33). The summed E-state index contributed by atoms with van der Waals surface area (Å²) >= 11 is 1.22. The number of piperazine rings is 1. The minimum atomic E-state index is -0.364. The van der Waals surface area contributed by atoms with Crippen LogP contribution in [0.4, 0.5) is 15.9 Å². The van der Waals surface area contributed by atoms with Gasteiger partial charge in [0.05, 0.1) is 10.3 Å².